The fraction of sp³-hybridized carbons (Fsp3) is 0. The van der Waals surface area contributed by atoms with Crippen LogP contribution >= 0.6 is 0 Å². The number of halogens is 20. The third kappa shape index (κ3) is 5.83. The van der Waals surface area contributed by atoms with E-state index >= 15 is 0 Å². The highest BCUT2D eigenvalue weighted by Crippen LogP contribution is 2.40. The third-order valence-electron chi connectivity index (χ3n) is 5.59. The van der Waals surface area contributed by atoms with Gasteiger partial charge in [0.15, 0.2) is 23.0 Å². The zero-order valence-corrected chi connectivity index (χ0v) is 22.7. The van der Waals surface area contributed by atoms with Crippen molar-refractivity contribution in [1.29, 1.82) is 0 Å². The van der Waals surface area contributed by atoms with E-state index in [1.165, 1.54) is 0 Å². The first-order valence-electron chi connectivity index (χ1n) is 11.4. The standard InChI is InChI=1S/C24F20O4Si/c25-1-5(29)13(37)21(14(38)6(1)30)45-49(46-22-15(39)7(31)2(26)8(32)16(22)40,47-23-17(41)9(33)3(27)10(34)18(23)42)48-24-19(43)11(35)4(28)12(36)20(24)44. The van der Waals surface area contributed by atoms with Crippen molar-refractivity contribution >= 4 is 9.05 Å². The monoisotopic (exact) mass is 760 g/mol. The predicted octanol–water partition coefficient (Wildman–Crippen LogP) is 8.52. The van der Waals surface area contributed by atoms with Crippen LogP contribution in [0.2, 0.25) is 0 Å². The first-order chi connectivity index (χ1) is 22.6. The summed E-state index contributed by atoms with van der Waals surface area (Å²) in [6, 6.07) is 0. The van der Waals surface area contributed by atoms with Crippen molar-refractivity contribution in [1.82, 2.24) is 0 Å². The normalized spacial score (nSPS) is 11.7. The number of rotatable bonds is 8. The molecular weight excluding hydrogens is 760 g/mol. The van der Waals surface area contributed by atoms with E-state index < -0.39 is 148 Å². The van der Waals surface area contributed by atoms with Gasteiger partial charge in [0.05, 0.1) is 0 Å². The summed E-state index contributed by atoms with van der Waals surface area (Å²) >= 11 is 0. The van der Waals surface area contributed by atoms with Crippen LogP contribution in [0.5, 0.6) is 23.0 Å². The van der Waals surface area contributed by atoms with Crippen LogP contribution in [0.3, 0.4) is 0 Å². The zero-order valence-electron chi connectivity index (χ0n) is 21.7. The number of hydrogen-bond donors (Lipinski definition) is 0. The van der Waals surface area contributed by atoms with Crippen molar-refractivity contribution < 1.29 is 106 Å². The van der Waals surface area contributed by atoms with Crippen LogP contribution in [0.25, 0.3) is 0 Å². The van der Waals surface area contributed by atoms with Gasteiger partial charge < -0.3 is 17.7 Å². The first-order valence-corrected chi connectivity index (χ1v) is 13.0. The van der Waals surface area contributed by atoms with Gasteiger partial charge in [0.2, 0.25) is 116 Å². The van der Waals surface area contributed by atoms with Gasteiger partial charge >= 0.3 is 9.05 Å². The molecular formula is C24F20O4Si. The van der Waals surface area contributed by atoms with Crippen LogP contribution in [0, 0.1) is 116 Å². The molecule has 0 aliphatic rings. The molecule has 4 nitrogen and oxygen atoms in total. The Labute approximate surface area is 254 Å². The van der Waals surface area contributed by atoms with Gasteiger partial charge in [-0.25, -0.2) is 52.7 Å². The summed E-state index contributed by atoms with van der Waals surface area (Å²) in [5.41, 5.74) is 0. The van der Waals surface area contributed by atoms with E-state index in [4.69, 9.17) is 0 Å². The second kappa shape index (κ2) is 12.7. The van der Waals surface area contributed by atoms with Crippen LogP contribution in [-0.2, 0) is 0 Å². The zero-order chi connectivity index (χ0) is 37.2. The molecule has 0 aliphatic heterocycles. The lowest BCUT2D eigenvalue weighted by Gasteiger charge is -2.29. The second-order valence-electron chi connectivity index (χ2n) is 8.50. The van der Waals surface area contributed by atoms with Gasteiger partial charge in [-0.2, -0.15) is 35.1 Å². The highest BCUT2D eigenvalue weighted by molar-refractivity contribution is 6.57. The summed E-state index contributed by atoms with van der Waals surface area (Å²) in [4.78, 5) is 0. The summed E-state index contributed by atoms with van der Waals surface area (Å²) in [6.45, 7) is 0. The fourth-order valence-corrected chi connectivity index (χ4v) is 5.29. The molecule has 0 N–H and O–H groups in total. The molecule has 25 heteroatoms. The highest BCUT2D eigenvalue weighted by Gasteiger charge is 2.63. The Balaban J connectivity index is 2.21. The van der Waals surface area contributed by atoms with Crippen LogP contribution < -0.4 is 17.7 Å². The Morgan fingerprint density at radius 1 is 0.184 bits per heavy atom. The lowest BCUT2D eigenvalue weighted by Crippen LogP contribution is -2.61. The topological polar surface area (TPSA) is 36.9 Å². The molecule has 0 atom stereocenters. The Morgan fingerprint density at radius 2 is 0.286 bits per heavy atom. The number of hydrogen-bond acceptors (Lipinski definition) is 4. The van der Waals surface area contributed by atoms with Gasteiger partial charge in [-0.15, -0.1) is 0 Å². The molecule has 0 radical (unpaired) electrons. The van der Waals surface area contributed by atoms with Crippen molar-refractivity contribution in [3.63, 3.8) is 0 Å². The van der Waals surface area contributed by atoms with Crippen LogP contribution in [0.4, 0.5) is 87.8 Å². The van der Waals surface area contributed by atoms with E-state index in [0.717, 1.165) is 0 Å². The van der Waals surface area contributed by atoms with Crippen molar-refractivity contribution in [3.05, 3.63) is 116 Å². The third-order valence-corrected chi connectivity index (χ3v) is 7.40. The molecule has 0 aromatic heterocycles. The van der Waals surface area contributed by atoms with E-state index in [2.05, 4.69) is 17.7 Å². The van der Waals surface area contributed by atoms with E-state index in [0.29, 0.717) is 0 Å². The molecule has 4 aromatic rings. The summed E-state index contributed by atoms with van der Waals surface area (Å²) in [5, 5.41) is 0. The van der Waals surface area contributed by atoms with Crippen LogP contribution in [-0.4, -0.2) is 9.05 Å². The Hall–Kier alpha value is -5.10. The van der Waals surface area contributed by atoms with E-state index in [1.54, 1.807) is 0 Å². The summed E-state index contributed by atoms with van der Waals surface area (Å²) in [7, 11) is -8.01. The molecule has 0 amide bonds. The first kappa shape index (κ1) is 36.7. The Bertz CT molecular complexity index is 1650. The fourth-order valence-electron chi connectivity index (χ4n) is 3.32. The summed E-state index contributed by atoms with van der Waals surface area (Å²) < 4.78 is 299. The summed E-state index contributed by atoms with van der Waals surface area (Å²) in [6.07, 6.45) is 0. The van der Waals surface area contributed by atoms with E-state index in [1.807, 2.05) is 0 Å². The molecule has 0 fully saturated rings. The van der Waals surface area contributed by atoms with Crippen molar-refractivity contribution in [3.8, 4) is 23.0 Å². The van der Waals surface area contributed by atoms with Crippen molar-refractivity contribution in [2.75, 3.05) is 0 Å². The maximum absolute atomic E-state index is 14.6. The van der Waals surface area contributed by atoms with Crippen molar-refractivity contribution in [2.45, 2.75) is 0 Å². The largest absolute Gasteiger partial charge is 0.967 e. The molecule has 264 valence electrons. The molecule has 0 aliphatic carbocycles. The maximum Gasteiger partial charge on any atom is 0.967 e. The minimum atomic E-state index is -8.01. The minimum Gasteiger partial charge on any atom is -0.446 e. The molecule has 0 bridgehead atoms. The van der Waals surface area contributed by atoms with Gasteiger partial charge in [-0.3, -0.25) is 0 Å². The van der Waals surface area contributed by atoms with Crippen LogP contribution in [0.1, 0.15) is 0 Å². The molecule has 4 rings (SSSR count). The van der Waals surface area contributed by atoms with Gasteiger partial charge in [-0.1, -0.05) is 0 Å². The average Bonchev–Trinajstić information content (AvgIpc) is 3.08. The minimum absolute atomic E-state index is 3.08. The summed E-state index contributed by atoms with van der Waals surface area (Å²) in [5.74, 6) is -76.6. The Kier molecular flexibility index (Phi) is 9.54. The van der Waals surface area contributed by atoms with Crippen molar-refractivity contribution in [2.24, 2.45) is 0 Å². The van der Waals surface area contributed by atoms with Gasteiger partial charge in [0, 0.05) is 0 Å². The predicted molar refractivity (Wildman–Crippen MR) is 113 cm³/mol. The smallest absolute Gasteiger partial charge is 0.446 e. The lowest BCUT2D eigenvalue weighted by molar-refractivity contribution is 0.130. The van der Waals surface area contributed by atoms with E-state index in [-0.39, 0.29) is 0 Å². The Morgan fingerprint density at radius 3 is 0.408 bits per heavy atom. The molecule has 4 aromatic carbocycles. The highest BCUT2D eigenvalue weighted by atomic mass is 28.4. The SMILES string of the molecule is Fc1c(F)c(F)c(O[Si](Oc2c(F)c(F)c(F)c(F)c2F)(Oc2c(F)c(F)c(F)c(F)c2F)Oc2c(F)c(F)c(F)c(F)c2F)c(F)c1F. The van der Waals surface area contributed by atoms with Gasteiger partial charge in [0.1, 0.15) is 0 Å². The average molecular weight is 760 g/mol. The second-order valence-corrected chi connectivity index (χ2v) is 10.3. The quantitative estimate of drug-likeness (QED) is 0.0782. The molecule has 0 heterocycles. The molecule has 0 saturated carbocycles. The lowest BCUT2D eigenvalue weighted by atomic mass is 10.3. The van der Waals surface area contributed by atoms with E-state index in [9.17, 15) is 87.8 Å². The molecule has 0 saturated heterocycles. The molecule has 49 heavy (non-hydrogen) atoms. The molecule has 0 spiro atoms. The number of benzene rings is 4. The maximum atomic E-state index is 14.6. The van der Waals surface area contributed by atoms with Crippen LogP contribution in [0.15, 0.2) is 0 Å². The molecule has 0 unspecified atom stereocenters. The van der Waals surface area contributed by atoms with Gasteiger partial charge in [-0.05, 0) is 0 Å². The van der Waals surface area contributed by atoms with Gasteiger partial charge in [0.25, 0.3) is 0 Å².